The Kier molecular flexibility index (Phi) is 7.01. The SMILES string of the molecule is C=CC(=O)C(C=O)OC1(OC(C=O)C(=O)C=C)CCCCC1. The topological polar surface area (TPSA) is 86.7 Å². The van der Waals surface area contributed by atoms with Crippen LogP contribution in [0.4, 0.5) is 0 Å². The van der Waals surface area contributed by atoms with Crippen molar-refractivity contribution in [2.24, 2.45) is 0 Å². The zero-order chi connectivity index (χ0) is 16.6. The molecule has 0 aromatic rings. The lowest BCUT2D eigenvalue weighted by Gasteiger charge is -2.39. The Hall–Kier alpha value is -1.92. The highest BCUT2D eigenvalue weighted by atomic mass is 16.7. The van der Waals surface area contributed by atoms with Gasteiger partial charge in [0.05, 0.1) is 0 Å². The average Bonchev–Trinajstić information content (AvgIpc) is 2.57. The highest BCUT2D eigenvalue weighted by Crippen LogP contribution is 2.35. The number of carbonyl (C=O) groups excluding carboxylic acids is 4. The van der Waals surface area contributed by atoms with Gasteiger partial charge in [-0.3, -0.25) is 19.2 Å². The molecule has 1 fully saturated rings. The maximum absolute atomic E-state index is 11.6. The Labute approximate surface area is 129 Å². The van der Waals surface area contributed by atoms with Gasteiger partial charge < -0.3 is 9.47 Å². The molecule has 6 nitrogen and oxygen atoms in total. The van der Waals surface area contributed by atoms with E-state index in [1.165, 1.54) is 0 Å². The third-order valence-corrected chi connectivity index (χ3v) is 3.51. The van der Waals surface area contributed by atoms with Crippen molar-refractivity contribution in [3.05, 3.63) is 25.3 Å². The number of rotatable bonds is 10. The van der Waals surface area contributed by atoms with Crippen LogP contribution >= 0.6 is 0 Å². The molecule has 1 aliphatic carbocycles. The summed E-state index contributed by atoms with van der Waals surface area (Å²) in [7, 11) is 0. The Morgan fingerprint density at radius 3 is 1.59 bits per heavy atom. The molecule has 1 aliphatic rings. The Morgan fingerprint density at radius 2 is 1.27 bits per heavy atom. The van der Waals surface area contributed by atoms with Gasteiger partial charge in [0.1, 0.15) is 0 Å². The summed E-state index contributed by atoms with van der Waals surface area (Å²) in [4.78, 5) is 45.4. The van der Waals surface area contributed by atoms with Crippen LogP contribution in [0.2, 0.25) is 0 Å². The van der Waals surface area contributed by atoms with Crippen LogP contribution in [0, 0.1) is 0 Å². The fraction of sp³-hybridized carbons (Fsp3) is 0.500. The average molecular weight is 308 g/mol. The van der Waals surface area contributed by atoms with Crippen molar-refractivity contribution in [1.29, 1.82) is 0 Å². The fourth-order valence-corrected chi connectivity index (χ4v) is 2.35. The van der Waals surface area contributed by atoms with E-state index in [1.807, 2.05) is 0 Å². The second-order valence-corrected chi connectivity index (χ2v) is 5.03. The molecule has 0 aliphatic heterocycles. The highest BCUT2D eigenvalue weighted by Gasteiger charge is 2.41. The molecule has 1 saturated carbocycles. The van der Waals surface area contributed by atoms with Crippen LogP contribution in [-0.2, 0) is 28.7 Å². The molecule has 2 atom stereocenters. The van der Waals surface area contributed by atoms with Crippen molar-refractivity contribution in [2.45, 2.75) is 50.1 Å². The number of hydrogen-bond acceptors (Lipinski definition) is 6. The van der Waals surface area contributed by atoms with Crippen molar-refractivity contribution in [3.63, 3.8) is 0 Å². The van der Waals surface area contributed by atoms with Crippen LogP contribution in [0.3, 0.4) is 0 Å². The van der Waals surface area contributed by atoms with Crippen LogP contribution < -0.4 is 0 Å². The Balaban J connectivity index is 2.98. The first-order valence-corrected chi connectivity index (χ1v) is 7.10. The minimum Gasteiger partial charge on any atom is -0.331 e. The van der Waals surface area contributed by atoms with Crippen molar-refractivity contribution < 1.29 is 28.7 Å². The molecular formula is C16H20O6. The van der Waals surface area contributed by atoms with E-state index in [-0.39, 0.29) is 0 Å². The number of carbonyl (C=O) groups is 4. The minimum absolute atomic E-state index is 0.356. The van der Waals surface area contributed by atoms with E-state index < -0.39 is 29.6 Å². The quantitative estimate of drug-likeness (QED) is 0.262. The van der Waals surface area contributed by atoms with Gasteiger partial charge in [-0.2, -0.15) is 0 Å². The van der Waals surface area contributed by atoms with Crippen LogP contribution in [-0.4, -0.2) is 42.1 Å². The number of aldehydes is 2. The molecule has 22 heavy (non-hydrogen) atoms. The van der Waals surface area contributed by atoms with E-state index in [0.29, 0.717) is 25.4 Å². The van der Waals surface area contributed by atoms with E-state index in [1.54, 1.807) is 0 Å². The second-order valence-electron chi connectivity index (χ2n) is 5.03. The fourth-order valence-electron chi connectivity index (χ4n) is 2.35. The predicted molar refractivity (Wildman–Crippen MR) is 78.1 cm³/mol. The van der Waals surface area contributed by atoms with Crippen LogP contribution in [0.15, 0.2) is 25.3 Å². The molecule has 0 aromatic carbocycles. The van der Waals surface area contributed by atoms with Gasteiger partial charge in [-0.05, 0) is 25.0 Å². The smallest absolute Gasteiger partial charge is 0.191 e. The molecule has 2 unspecified atom stereocenters. The summed E-state index contributed by atoms with van der Waals surface area (Å²) in [6, 6.07) is 0. The highest BCUT2D eigenvalue weighted by molar-refractivity contribution is 6.03. The lowest BCUT2D eigenvalue weighted by molar-refractivity contribution is -0.271. The van der Waals surface area contributed by atoms with Crippen LogP contribution in [0.5, 0.6) is 0 Å². The molecule has 120 valence electrons. The first kappa shape index (κ1) is 18.1. The van der Waals surface area contributed by atoms with Crippen molar-refractivity contribution in [3.8, 4) is 0 Å². The first-order valence-electron chi connectivity index (χ1n) is 7.10. The molecule has 0 N–H and O–H groups in total. The summed E-state index contributed by atoms with van der Waals surface area (Å²) >= 11 is 0. The predicted octanol–water partition coefficient (Wildman–Crippen LogP) is 1.33. The second kappa shape index (κ2) is 8.51. The lowest BCUT2D eigenvalue weighted by atomic mass is 9.93. The maximum atomic E-state index is 11.6. The molecule has 0 radical (unpaired) electrons. The summed E-state index contributed by atoms with van der Waals surface area (Å²) < 4.78 is 11.1. The van der Waals surface area contributed by atoms with Crippen LogP contribution in [0.1, 0.15) is 32.1 Å². The van der Waals surface area contributed by atoms with Crippen molar-refractivity contribution in [2.75, 3.05) is 0 Å². The van der Waals surface area contributed by atoms with Crippen molar-refractivity contribution >= 4 is 24.1 Å². The van der Waals surface area contributed by atoms with E-state index in [4.69, 9.17) is 9.47 Å². The zero-order valence-corrected chi connectivity index (χ0v) is 12.4. The van der Waals surface area contributed by atoms with Crippen molar-refractivity contribution in [1.82, 2.24) is 0 Å². The lowest BCUT2D eigenvalue weighted by Crippen LogP contribution is -2.48. The number of hydrogen-bond donors (Lipinski definition) is 0. The van der Waals surface area contributed by atoms with Gasteiger partial charge in [0, 0.05) is 12.8 Å². The molecule has 0 spiro atoms. The van der Waals surface area contributed by atoms with Gasteiger partial charge in [-0.1, -0.05) is 19.6 Å². The molecule has 0 aromatic heterocycles. The van der Waals surface area contributed by atoms with Gasteiger partial charge >= 0.3 is 0 Å². The van der Waals surface area contributed by atoms with E-state index >= 15 is 0 Å². The number of ether oxygens (including phenoxy) is 2. The largest absolute Gasteiger partial charge is 0.331 e. The van der Waals surface area contributed by atoms with E-state index in [9.17, 15) is 19.2 Å². The first-order chi connectivity index (χ1) is 10.5. The maximum Gasteiger partial charge on any atom is 0.191 e. The molecule has 0 bridgehead atoms. The van der Waals surface area contributed by atoms with Gasteiger partial charge in [-0.25, -0.2) is 0 Å². The molecule has 0 amide bonds. The standard InChI is InChI=1S/C16H20O6/c1-3-12(19)14(10-17)21-16(8-6-5-7-9-16)22-15(11-18)13(20)4-2/h3-4,10-11,14-15H,1-2,5-9H2. The van der Waals surface area contributed by atoms with E-state index in [0.717, 1.165) is 31.4 Å². The molecule has 1 rings (SSSR count). The molecule has 0 heterocycles. The van der Waals surface area contributed by atoms with E-state index in [2.05, 4.69) is 13.2 Å². The third kappa shape index (κ3) is 4.54. The van der Waals surface area contributed by atoms with Gasteiger partial charge in [0.25, 0.3) is 0 Å². The summed E-state index contributed by atoms with van der Waals surface area (Å²) in [5.74, 6) is -2.50. The Bertz CT molecular complexity index is 425. The summed E-state index contributed by atoms with van der Waals surface area (Å²) in [5, 5.41) is 0. The van der Waals surface area contributed by atoms with Gasteiger partial charge in [0.2, 0.25) is 0 Å². The van der Waals surface area contributed by atoms with Crippen LogP contribution in [0.25, 0.3) is 0 Å². The third-order valence-electron chi connectivity index (χ3n) is 3.51. The monoisotopic (exact) mass is 308 g/mol. The number of ketones is 2. The minimum atomic E-state index is -1.36. The summed E-state index contributed by atoms with van der Waals surface area (Å²) in [6.45, 7) is 6.62. The normalized spacial score (nSPS) is 19.5. The molecule has 6 heteroatoms. The summed E-state index contributed by atoms with van der Waals surface area (Å²) in [5.41, 5.74) is 0. The Morgan fingerprint density at radius 1 is 0.864 bits per heavy atom. The molecular weight excluding hydrogens is 288 g/mol. The summed E-state index contributed by atoms with van der Waals surface area (Å²) in [6.07, 6.45) is 3.16. The van der Waals surface area contributed by atoms with Gasteiger partial charge in [0.15, 0.2) is 42.1 Å². The van der Waals surface area contributed by atoms with Gasteiger partial charge in [-0.15, -0.1) is 0 Å². The molecule has 0 saturated heterocycles. The zero-order valence-electron chi connectivity index (χ0n) is 12.4.